The minimum atomic E-state index is 0.567. The molecule has 90 valence electrons. The Bertz CT molecular complexity index is 179. The van der Waals surface area contributed by atoms with Gasteiger partial charge in [0.15, 0.2) is 0 Å². The van der Waals surface area contributed by atoms with Crippen molar-refractivity contribution in [1.82, 2.24) is 5.32 Å². The summed E-state index contributed by atoms with van der Waals surface area (Å²) in [6.45, 7) is 7.12. The van der Waals surface area contributed by atoms with Crippen LogP contribution in [0.2, 0.25) is 0 Å². The molecule has 2 unspecified atom stereocenters. The van der Waals surface area contributed by atoms with Crippen LogP contribution in [0.1, 0.15) is 52.9 Å². The maximum atomic E-state index is 3.50. The van der Waals surface area contributed by atoms with Gasteiger partial charge in [0, 0.05) is 11.3 Å². The van der Waals surface area contributed by atoms with Crippen LogP contribution in [0.4, 0.5) is 0 Å². The van der Waals surface area contributed by atoms with Gasteiger partial charge in [0.2, 0.25) is 0 Å². The summed E-state index contributed by atoms with van der Waals surface area (Å²) in [5.41, 5.74) is 0.567. The van der Waals surface area contributed by atoms with E-state index in [-0.39, 0.29) is 0 Å². The topological polar surface area (TPSA) is 12.0 Å². The highest BCUT2D eigenvalue weighted by Crippen LogP contribution is 2.40. The fourth-order valence-corrected chi connectivity index (χ4v) is 4.24. The van der Waals surface area contributed by atoms with E-state index in [0.717, 1.165) is 11.3 Å². The van der Waals surface area contributed by atoms with Gasteiger partial charge in [-0.3, -0.25) is 0 Å². The van der Waals surface area contributed by atoms with Crippen LogP contribution >= 0.6 is 11.8 Å². The molecule has 0 spiro atoms. The van der Waals surface area contributed by atoms with Crippen molar-refractivity contribution >= 4 is 11.8 Å². The molecule has 0 bridgehead atoms. The largest absolute Gasteiger partial charge is 0.316 e. The summed E-state index contributed by atoms with van der Waals surface area (Å²) >= 11 is 2.19. The molecule has 1 nitrogen and oxygen atoms in total. The van der Waals surface area contributed by atoms with E-state index in [1.54, 1.807) is 0 Å². The molecular formula is C13H27NS. The van der Waals surface area contributed by atoms with Crippen molar-refractivity contribution in [2.24, 2.45) is 5.41 Å². The summed E-state index contributed by atoms with van der Waals surface area (Å²) in [6.07, 6.45) is 6.81. The van der Waals surface area contributed by atoms with Crippen LogP contribution in [0, 0.1) is 5.41 Å². The molecule has 0 aromatic rings. The Labute approximate surface area is 99.8 Å². The molecule has 15 heavy (non-hydrogen) atoms. The van der Waals surface area contributed by atoms with Crippen LogP contribution in [0.3, 0.4) is 0 Å². The van der Waals surface area contributed by atoms with E-state index in [0.29, 0.717) is 5.41 Å². The van der Waals surface area contributed by atoms with E-state index < -0.39 is 0 Å². The molecule has 1 aliphatic rings. The zero-order chi connectivity index (χ0) is 11.3. The highest BCUT2D eigenvalue weighted by atomic mass is 32.2. The summed E-state index contributed by atoms with van der Waals surface area (Å²) in [5.74, 6) is 1.34. The Morgan fingerprint density at radius 3 is 2.73 bits per heavy atom. The lowest BCUT2D eigenvalue weighted by atomic mass is 9.75. The molecule has 2 atom stereocenters. The van der Waals surface area contributed by atoms with Gasteiger partial charge >= 0.3 is 0 Å². The lowest BCUT2D eigenvalue weighted by molar-refractivity contribution is 0.218. The first-order chi connectivity index (χ1) is 7.09. The number of thioether (sulfide) groups is 1. The van der Waals surface area contributed by atoms with Crippen molar-refractivity contribution in [3.8, 4) is 0 Å². The lowest BCUT2D eigenvalue weighted by Gasteiger charge is -2.40. The van der Waals surface area contributed by atoms with Crippen molar-refractivity contribution < 1.29 is 0 Å². The van der Waals surface area contributed by atoms with E-state index in [9.17, 15) is 0 Å². The molecule has 0 amide bonds. The van der Waals surface area contributed by atoms with Gasteiger partial charge in [0.1, 0.15) is 0 Å². The summed E-state index contributed by atoms with van der Waals surface area (Å²) in [4.78, 5) is 0. The van der Waals surface area contributed by atoms with Crippen molar-refractivity contribution in [2.75, 3.05) is 12.8 Å². The summed E-state index contributed by atoms with van der Waals surface area (Å²) in [5, 5.41) is 4.34. The lowest BCUT2D eigenvalue weighted by Crippen LogP contribution is -2.43. The Morgan fingerprint density at radius 2 is 2.13 bits per heavy atom. The Morgan fingerprint density at radius 1 is 1.40 bits per heavy atom. The Kier molecular flexibility index (Phi) is 5.48. The van der Waals surface area contributed by atoms with Crippen molar-refractivity contribution in [1.29, 1.82) is 0 Å². The molecule has 1 rings (SSSR count). The molecule has 1 saturated carbocycles. The normalized spacial score (nSPS) is 30.4. The van der Waals surface area contributed by atoms with E-state index in [4.69, 9.17) is 0 Å². The highest BCUT2D eigenvalue weighted by Gasteiger charge is 2.33. The summed E-state index contributed by atoms with van der Waals surface area (Å²) < 4.78 is 0. The second kappa shape index (κ2) is 6.15. The molecule has 0 aromatic heterocycles. The molecule has 1 fully saturated rings. The van der Waals surface area contributed by atoms with Gasteiger partial charge in [-0.15, -0.1) is 0 Å². The van der Waals surface area contributed by atoms with Crippen molar-refractivity contribution in [3.05, 3.63) is 0 Å². The molecular weight excluding hydrogens is 202 g/mol. The zero-order valence-corrected chi connectivity index (χ0v) is 11.6. The van der Waals surface area contributed by atoms with Gasteiger partial charge in [-0.25, -0.2) is 0 Å². The molecule has 0 heterocycles. The molecule has 0 aromatic carbocycles. The van der Waals surface area contributed by atoms with Crippen LogP contribution in [-0.2, 0) is 0 Å². The fraction of sp³-hybridized carbons (Fsp3) is 1.00. The van der Waals surface area contributed by atoms with Crippen molar-refractivity contribution in [2.45, 2.75) is 64.2 Å². The third-order valence-corrected chi connectivity index (χ3v) is 4.98. The monoisotopic (exact) mass is 229 g/mol. The molecule has 2 heteroatoms. The molecule has 0 aliphatic heterocycles. The second-order valence-corrected chi connectivity index (χ2v) is 6.91. The van der Waals surface area contributed by atoms with E-state index >= 15 is 0 Å². The van der Waals surface area contributed by atoms with Crippen LogP contribution in [-0.4, -0.2) is 24.1 Å². The van der Waals surface area contributed by atoms with Gasteiger partial charge in [0.05, 0.1) is 0 Å². The molecule has 1 N–H and O–H groups in total. The smallest absolute Gasteiger partial charge is 0.0206 e. The molecule has 0 saturated heterocycles. The van der Waals surface area contributed by atoms with Gasteiger partial charge in [-0.2, -0.15) is 11.8 Å². The SMILES string of the molecule is CCCCSC1CC(C)(C)CCC1NC. The van der Waals surface area contributed by atoms with E-state index in [1.165, 1.54) is 37.9 Å². The van der Waals surface area contributed by atoms with E-state index in [2.05, 4.69) is 44.9 Å². The number of unbranched alkanes of at least 4 members (excludes halogenated alkanes) is 1. The van der Waals surface area contributed by atoms with Crippen LogP contribution in [0.15, 0.2) is 0 Å². The number of hydrogen-bond acceptors (Lipinski definition) is 2. The van der Waals surface area contributed by atoms with Gasteiger partial charge in [-0.1, -0.05) is 27.2 Å². The first kappa shape index (κ1) is 13.4. The summed E-state index contributed by atoms with van der Waals surface area (Å²) in [6, 6.07) is 0.750. The molecule has 1 aliphatic carbocycles. The Hall–Kier alpha value is 0.310. The third-order valence-electron chi connectivity index (χ3n) is 3.54. The number of hydrogen-bond donors (Lipinski definition) is 1. The first-order valence-electron chi connectivity index (χ1n) is 6.38. The maximum Gasteiger partial charge on any atom is 0.0206 e. The maximum absolute atomic E-state index is 3.50. The standard InChI is InChI=1S/C13H27NS/c1-5-6-9-15-12-10-13(2,3)8-7-11(12)14-4/h11-12,14H,5-10H2,1-4H3. The minimum Gasteiger partial charge on any atom is -0.316 e. The first-order valence-corrected chi connectivity index (χ1v) is 7.43. The van der Waals surface area contributed by atoms with Gasteiger partial charge < -0.3 is 5.32 Å². The minimum absolute atomic E-state index is 0.567. The van der Waals surface area contributed by atoms with E-state index in [1.807, 2.05) is 0 Å². The third kappa shape index (κ3) is 4.36. The van der Waals surface area contributed by atoms with Crippen molar-refractivity contribution in [3.63, 3.8) is 0 Å². The molecule has 0 radical (unpaired) electrons. The second-order valence-electron chi connectivity index (χ2n) is 5.56. The zero-order valence-electron chi connectivity index (χ0n) is 10.8. The quantitative estimate of drug-likeness (QED) is 0.722. The predicted octanol–water partition coefficient (Wildman–Crippen LogP) is 3.69. The average molecular weight is 229 g/mol. The number of rotatable bonds is 5. The fourth-order valence-electron chi connectivity index (χ4n) is 2.41. The summed E-state index contributed by atoms with van der Waals surface area (Å²) in [7, 11) is 2.12. The van der Waals surface area contributed by atoms with Crippen LogP contribution in [0.25, 0.3) is 0 Å². The van der Waals surface area contributed by atoms with Crippen LogP contribution in [0.5, 0.6) is 0 Å². The predicted molar refractivity (Wildman–Crippen MR) is 71.6 cm³/mol. The Balaban J connectivity index is 2.41. The highest BCUT2D eigenvalue weighted by molar-refractivity contribution is 7.99. The average Bonchev–Trinajstić information content (AvgIpc) is 2.17. The van der Waals surface area contributed by atoms with Gasteiger partial charge in [-0.05, 0) is 43.9 Å². The van der Waals surface area contributed by atoms with Gasteiger partial charge in [0.25, 0.3) is 0 Å². The number of nitrogens with one attached hydrogen (secondary N) is 1. The van der Waals surface area contributed by atoms with Crippen LogP contribution < -0.4 is 5.32 Å².